The van der Waals surface area contributed by atoms with E-state index in [-0.39, 0.29) is 0 Å². The summed E-state index contributed by atoms with van der Waals surface area (Å²) >= 11 is 0. The average Bonchev–Trinajstić information content (AvgIpc) is 3.25. The summed E-state index contributed by atoms with van der Waals surface area (Å²) < 4.78 is 0. The molecule has 6 bridgehead atoms. The van der Waals surface area contributed by atoms with Gasteiger partial charge in [0.05, 0.1) is 5.69 Å². The van der Waals surface area contributed by atoms with Crippen LogP contribution in [-0.4, -0.2) is 0 Å². The van der Waals surface area contributed by atoms with Crippen LogP contribution in [0, 0.1) is 0 Å². The van der Waals surface area contributed by atoms with Gasteiger partial charge < -0.3 is 4.90 Å². The topological polar surface area (TPSA) is 3.24 Å². The van der Waals surface area contributed by atoms with Crippen molar-refractivity contribution in [2.75, 3.05) is 4.90 Å². The lowest BCUT2D eigenvalue weighted by Crippen LogP contribution is -2.11. The summed E-state index contributed by atoms with van der Waals surface area (Å²) in [4.78, 5) is 2.43. The van der Waals surface area contributed by atoms with Gasteiger partial charge in [-0.1, -0.05) is 146 Å². The van der Waals surface area contributed by atoms with Gasteiger partial charge in [0, 0.05) is 16.8 Å². The molecule has 0 fully saturated rings. The third-order valence-corrected chi connectivity index (χ3v) is 9.97. The Hall–Kier alpha value is -6.18. The van der Waals surface area contributed by atoms with Crippen LogP contribution < -0.4 is 4.90 Å². The number of hydrogen-bond acceptors (Lipinski definition) is 1. The molecule has 0 aromatic heterocycles. The average molecular weight is 596 g/mol. The standard InChI is InChI=1S/C46H29N/c1-2-11-30(12-3-1)31-23-25-33(26-24-31)47(44-22-8-14-32-13-4-5-15-35(32)44)34-27-28-37-40-19-10-20-41-42-21-9-18-39(46(42)43(37)29-34)36-16-6-7-17-38(36)45(40)41/h1-29H. The Bertz CT molecular complexity index is 2480. The summed E-state index contributed by atoms with van der Waals surface area (Å²) in [5, 5.41) is 2.45. The number of rotatable bonds is 4. The molecule has 0 heterocycles. The SMILES string of the molecule is c1ccc(-c2ccc(N(c3ccc4c(c3)-c3c5cccc3-c3cccc-4c3-c3ccccc3-5)c3cccc4ccccc34)cc2)cc1. The lowest BCUT2D eigenvalue weighted by Gasteiger charge is -2.29. The van der Waals surface area contributed by atoms with E-state index in [2.05, 4.69) is 181 Å². The molecule has 2 aliphatic carbocycles. The number of fused-ring (bicyclic) bond motifs is 5. The van der Waals surface area contributed by atoms with E-state index in [4.69, 9.17) is 0 Å². The molecule has 0 saturated carbocycles. The third kappa shape index (κ3) is 3.90. The first-order valence-corrected chi connectivity index (χ1v) is 16.3. The summed E-state index contributed by atoms with van der Waals surface area (Å²) in [6.07, 6.45) is 0. The highest BCUT2D eigenvalue weighted by Crippen LogP contribution is 2.57. The van der Waals surface area contributed by atoms with Crippen LogP contribution in [0.5, 0.6) is 0 Å². The van der Waals surface area contributed by atoms with Crippen LogP contribution in [0.3, 0.4) is 0 Å². The third-order valence-electron chi connectivity index (χ3n) is 9.97. The molecular weight excluding hydrogens is 567 g/mol. The zero-order valence-electron chi connectivity index (χ0n) is 25.7. The van der Waals surface area contributed by atoms with Gasteiger partial charge in [-0.3, -0.25) is 0 Å². The quantitative estimate of drug-likeness (QED) is 0.196. The van der Waals surface area contributed by atoms with Crippen LogP contribution in [0.1, 0.15) is 0 Å². The van der Waals surface area contributed by atoms with Crippen molar-refractivity contribution in [2.45, 2.75) is 0 Å². The molecule has 8 aromatic rings. The molecule has 0 atom stereocenters. The number of anilines is 3. The van der Waals surface area contributed by atoms with E-state index < -0.39 is 0 Å². The maximum absolute atomic E-state index is 2.43. The van der Waals surface area contributed by atoms with Crippen molar-refractivity contribution in [1.82, 2.24) is 0 Å². The van der Waals surface area contributed by atoms with Gasteiger partial charge in [0.2, 0.25) is 0 Å². The Morgan fingerprint density at radius 3 is 1.57 bits per heavy atom. The molecule has 0 radical (unpaired) electrons. The minimum Gasteiger partial charge on any atom is -0.310 e. The van der Waals surface area contributed by atoms with E-state index in [1.165, 1.54) is 77.5 Å². The van der Waals surface area contributed by atoms with Crippen molar-refractivity contribution in [1.29, 1.82) is 0 Å². The summed E-state index contributed by atoms with van der Waals surface area (Å²) in [5.41, 5.74) is 18.9. The number of nitrogens with zero attached hydrogens (tertiary/aromatic N) is 1. The highest BCUT2D eigenvalue weighted by atomic mass is 15.1. The monoisotopic (exact) mass is 595 g/mol. The molecule has 218 valence electrons. The maximum atomic E-state index is 2.43. The lowest BCUT2D eigenvalue weighted by molar-refractivity contribution is 1.30. The van der Waals surface area contributed by atoms with Crippen molar-refractivity contribution < 1.29 is 0 Å². The molecule has 8 aromatic carbocycles. The Balaban J connectivity index is 1.24. The Kier molecular flexibility index (Phi) is 5.64. The highest BCUT2D eigenvalue weighted by Gasteiger charge is 2.31. The fraction of sp³-hybridized carbons (Fsp3) is 0. The largest absolute Gasteiger partial charge is 0.310 e. The molecule has 0 spiro atoms. The van der Waals surface area contributed by atoms with E-state index in [0.29, 0.717) is 0 Å². The van der Waals surface area contributed by atoms with Crippen LogP contribution >= 0.6 is 0 Å². The van der Waals surface area contributed by atoms with Gasteiger partial charge in [-0.15, -0.1) is 0 Å². The molecule has 10 rings (SSSR count). The molecule has 0 amide bonds. The minimum atomic E-state index is 1.13. The Labute approximate surface area is 274 Å². The lowest BCUT2D eigenvalue weighted by atomic mass is 9.83. The molecule has 47 heavy (non-hydrogen) atoms. The van der Waals surface area contributed by atoms with Crippen LogP contribution in [0.4, 0.5) is 17.1 Å². The van der Waals surface area contributed by atoms with E-state index in [1.54, 1.807) is 0 Å². The minimum absolute atomic E-state index is 1.13. The van der Waals surface area contributed by atoms with E-state index in [9.17, 15) is 0 Å². The maximum Gasteiger partial charge on any atom is 0.0540 e. The molecule has 1 nitrogen and oxygen atoms in total. The molecule has 1 heteroatoms. The Morgan fingerprint density at radius 1 is 0.298 bits per heavy atom. The second-order valence-electron chi connectivity index (χ2n) is 12.5. The van der Waals surface area contributed by atoms with Crippen molar-refractivity contribution in [3.05, 3.63) is 176 Å². The van der Waals surface area contributed by atoms with Gasteiger partial charge in [0.15, 0.2) is 0 Å². The summed E-state index contributed by atoms with van der Waals surface area (Å²) in [6.45, 7) is 0. The number of hydrogen-bond donors (Lipinski definition) is 0. The molecule has 2 aliphatic rings. The molecule has 0 N–H and O–H groups in total. The highest BCUT2D eigenvalue weighted by molar-refractivity contribution is 6.15. The predicted octanol–water partition coefficient (Wildman–Crippen LogP) is 12.9. The smallest absolute Gasteiger partial charge is 0.0540 e. The van der Waals surface area contributed by atoms with E-state index in [0.717, 1.165) is 17.1 Å². The second-order valence-corrected chi connectivity index (χ2v) is 12.5. The van der Waals surface area contributed by atoms with Gasteiger partial charge in [-0.05, 0) is 102 Å². The molecule has 0 saturated heterocycles. The van der Waals surface area contributed by atoms with E-state index >= 15 is 0 Å². The summed E-state index contributed by atoms with van der Waals surface area (Å²) in [7, 11) is 0. The zero-order valence-corrected chi connectivity index (χ0v) is 25.7. The second kappa shape index (κ2) is 10.2. The molecule has 0 unspecified atom stereocenters. The summed E-state index contributed by atoms with van der Waals surface area (Å²) in [6, 6.07) is 64.6. The van der Waals surface area contributed by atoms with Crippen LogP contribution in [0.2, 0.25) is 0 Å². The fourth-order valence-corrected chi connectivity index (χ4v) is 7.90. The van der Waals surface area contributed by atoms with Gasteiger partial charge in [0.1, 0.15) is 0 Å². The first kappa shape index (κ1) is 26.1. The van der Waals surface area contributed by atoms with Gasteiger partial charge in [-0.2, -0.15) is 0 Å². The summed E-state index contributed by atoms with van der Waals surface area (Å²) in [5.74, 6) is 0. The van der Waals surface area contributed by atoms with Crippen LogP contribution in [0.15, 0.2) is 176 Å². The zero-order chi connectivity index (χ0) is 30.9. The van der Waals surface area contributed by atoms with Crippen molar-refractivity contribution in [2.24, 2.45) is 0 Å². The van der Waals surface area contributed by atoms with Gasteiger partial charge in [-0.25, -0.2) is 0 Å². The van der Waals surface area contributed by atoms with E-state index in [1.807, 2.05) is 0 Å². The van der Waals surface area contributed by atoms with Crippen molar-refractivity contribution in [3.8, 4) is 66.8 Å². The fourth-order valence-electron chi connectivity index (χ4n) is 7.90. The number of benzene rings is 8. The van der Waals surface area contributed by atoms with Gasteiger partial charge in [0.25, 0.3) is 0 Å². The van der Waals surface area contributed by atoms with Gasteiger partial charge >= 0.3 is 0 Å². The normalized spacial score (nSPS) is 11.8. The first-order valence-electron chi connectivity index (χ1n) is 16.3. The van der Waals surface area contributed by atoms with Crippen LogP contribution in [-0.2, 0) is 0 Å². The predicted molar refractivity (Wildman–Crippen MR) is 198 cm³/mol. The first-order chi connectivity index (χ1) is 23.3. The van der Waals surface area contributed by atoms with Crippen molar-refractivity contribution in [3.63, 3.8) is 0 Å². The Morgan fingerprint density at radius 2 is 0.809 bits per heavy atom. The van der Waals surface area contributed by atoms with Crippen LogP contribution in [0.25, 0.3) is 77.5 Å². The van der Waals surface area contributed by atoms with Crippen molar-refractivity contribution >= 4 is 27.8 Å². The molecular formula is C46H29N. The molecule has 0 aliphatic heterocycles.